The molecule has 2 aromatic rings. The van der Waals surface area contributed by atoms with Crippen LogP contribution in [0.4, 0.5) is 5.82 Å². The summed E-state index contributed by atoms with van der Waals surface area (Å²) in [6.45, 7) is 2.72. The number of piperidine rings is 1. The van der Waals surface area contributed by atoms with Gasteiger partial charge < -0.3 is 14.6 Å². The number of sulfonamides is 1. The molecule has 9 heteroatoms. The zero-order valence-electron chi connectivity index (χ0n) is 16.2. The molecule has 2 saturated heterocycles. The normalized spacial score (nSPS) is 27.5. The molecule has 1 saturated carbocycles. The van der Waals surface area contributed by atoms with E-state index in [1.807, 2.05) is 19.3 Å². The second-order valence-corrected chi connectivity index (χ2v) is 10.8. The summed E-state index contributed by atoms with van der Waals surface area (Å²) in [6.07, 6.45) is 7.23. The second-order valence-electron chi connectivity index (χ2n) is 8.75. The second kappa shape index (κ2) is 6.67. The quantitative estimate of drug-likeness (QED) is 0.813. The van der Waals surface area contributed by atoms with Gasteiger partial charge in [0.2, 0.25) is 10.0 Å². The molecule has 8 nitrogen and oxygen atoms in total. The van der Waals surface area contributed by atoms with Crippen LogP contribution < -0.4 is 4.90 Å². The van der Waals surface area contributed by atoms with Crippen molar-refractivity contribution < 1.29 is 13.2 Å². The number of hydrogen-bond acceptors (Lipinski definition) is 6. The molecule has 1 spiro atoms. The molecule has 0 atom stereocenters. The lowest BCUT2D eigenvalue weighted by atomic mass is 9.79. The number of fused-ring (bicyclic) bond motifs is 1. The Bertz CT molecular complexity index is 965. The maximum absolute atomic E-state index is 12.9. The zero-order valence-corrected chi connectivity index (χ0v) is 17.0. The van der Waals surface area contributed by atoms with E-state index in [-0.39, 0.29) is 17.1 Å². The highest BCUT2D eigenvalue weighted by Gasteiger charge is 2.46. The molecule has 3 aliphatic rings. The van der Waals surface area contributed by atoms with Crippen LogP contribution in [0.3, 0.4) is 0 Å². The Morgan fingerprint density at radius 3 is 2.93 bits per heavy atom. The van der Waals surface area contributed by atoms with Gasteiger partial charge in [0.15, 0.2) is 0 Å². The highest BCUT2D eigenvalue weighted by molar-refractivity contribution is 7.89. The third-order valence-corrected chi connectivity index (χ3v) is 8.70. The van der Waals surface area contributed by atoms with Gasteiger partial charge >= 0.3 is 0 Å². The summed E-state index contributed by atoms with van der Waals surface area (Å²) in [5.74, 6) is 1.38. The average molecular weight is 406 g/mol. The maximum Gasteiger partial charge on any atom is 0.214 e. The molecule has 0 bridgehead atoms. The van der Waals surface area contributed by atoms with Crippen molar-refractivity contribution in [1.29, 1.82) is 0 Å². The highest BCUT2D eigenvalue weighted by atomic mass is 32.2. The van der Waals surface area contributed by atoms with Crippen LogP contribution in [-0.4, -0.2) is 72.8 Å². The van der Waals surface area contributed by atoms with Gasteiger partial charge in [0.1, 0.15) is 17.8 Å². The van der Waals surface area contributed by atoms with Crippen molar-refractivity contribution in [2.45, 2.75) is 31.7 Å². The summed E-state index contributed by atoms with van der Waals surface area (Å²) >= 11 is 0. The van der Waals surface area contributed by atoms with E-state index in [1.165, 1.54) is 0 Å². The average Bonchev–Trinajstić information content (AvgIpc) is 3.11. The van der Waals surface area contributed by atoms with E-state index in [1.54, 1.807) is 10.6 Å². The largest absolute Gasteiger partial charge is 0.380 e. The number of anilines is 1. The molecule has 0 radical (unpaired) electrons. The number of ether oxygens (including phenoxy) is 1. The van der Waals surface area contributed by atoms with Crippen LogP contribution in [0.1, 0.15) is 25.7 Å². The molecule has 3 fully saturated rings. The van der Waals surface area contributed by atoms with Crippen molar-refractivity contribution in [3.8, 4) is 0 Å². The summed E-state index contributed by atoms with van der Waals surface area (Å²) in [5, 5.41) is 1.00. The van der Waals surface area contributed by atoms with Crippen molar-refractivity contribution >= 4 is 26.9 Å². The first kappa shape index (κ1) is 18.3. The first-order valence-corrected chi connectivity index (χ1v) is 11.6. The summed E-state index contributed by atoms with van der Waals surface area (Å²) in [6, 6.07) is 2.30. The van der Waals surface area contributed by atoms with Crippen molar-refractivity contribution in [3.05, 3.63) is 18.6 Å². The molecular formula is C19H27N5O3S. The van der Waals surface area contributed by atoms with Crippen molar-refractivity contribution in [2.24, 2.45) is 11.3 Å². The van der Waals surface area contributed by atoms with Gasteiger partial charge in [-0.15, -0.1) is 0 Å². The lowest BCUT2D eigenvalue weighted by Crippen LogP contribution is -2.56. The van der Waals surface area contributed by atoms with Gasteiger partial charge in [-0.25, -0.2) is 22.7 Å². The lowest BCUT2D eigenvalue weighted by molar-refractivity contribution is -0.133. The standard InChI is InChI=1S/C19H27N5O3S/c1-23(18-16-3-5-20-17(16)21-13-22-18)15-7-14(8-15)9-28(25,26)24-6-2-4-19(10-24)11-27-12-19/h3,5,13-15H,2,4,6-12H2,1H3,(H,20,21,22)/t14-,15+. The van der Waals surface area contributed by atoms with E-state index in [0.29, 0.717) is 32.3 Å². The molecule has 4 heterocycles. The van der Waals surface area contributed by atoms with Gasteiger partial charge in [0, 0.05) is 37.8 Å². The number of nitrogens with zero attached hydrogens (tertiary/aromatic N) is 4. The molecule has 152 valence electrons. The van der Waals surface area contributed by atoms with E-state index in [9.17, 15) is 8.42 Å². The van der Waals surface area contributed by atoms with Crippen LogP contribution in [0.2, 0.25) is 0 Å². The smallest absolute Gasteiger partial charge is 0.214 e. The van der Waals surface area contributed by atoms with E-state index < -0.39 is 10.0 Å². The van der Waals surface area contributed by atoms with Crippen molar-refractivity contribution in [1.82, 2.24) is 19.3 Å². The first-order valence-electron chi connectivity index (χ1n) is 10.0. The van der Waals surface area contributed by atoms with Crippen LogP contribution in [0, 0.1) is 11.3 Å². The number of H-pyrrole nitrogens is 1. The Kier molecular flexibility index (Phi) is 4.37. The van der Waals surface area contributed by atoms with Gasteiger partial charge in [0.05, 0.1) is 24.4 Å². The van der Waals surface area contributed by atoms with Crippen molar-refractivity contribution in [3.63, 3.8) is 0 Å². The Labute approximate surface area is 165 Å². The fraction of sp³-hybridized carbons (Fsp3) is 0.684. The van der Waals surface area contributed by atoms with Crippen LogP contribution in [0.15, 0.2) is 18.6 Å². The minimum absolute atomic E-state index is 0.0859. The molecule has 1 N–H and O–H groups in total. The third kappa shape index (κ3) is 3.09. The monoisotopic (exact) mass is 405 g/mol. The molecule has 5 rings (SSSR count). The lowest BCUT2D eigenvalue weighted by Gasteiger charge is -2.48. The van der Waals surface area contributed by atoms with Gasteiger partial charge in [-0.3, -0.25) is 0 Å². The number of rotatable bonds is 5. The Hall–Kier alpha value is -1.71. The van der Waals surface area contributed by atoms with Crippen LogP contribution in [0.5, 0.6) is 0 Å². The van der Waals surface area contributed by atoms with Crippen LogP contribution >= 0.6 is 0 Å². The number of nitrogens with one attached hydrogen (secondary N) is 1. The molecule has 28 heavy (non-hydrogen) atoms. The Balaban J connectivity index is 1.20. The van der Waals surface area contributed by atoms with Gasteiger partial charge in [-0.05, 0) is 37.7 Å². The van der Waals surface area contributed by atoms with E-state index in [4.69, 9.17) is 4.74 Å². The Morgan fingerprint density at radius 2 is 2.18 bits per heavy atom. The molecule has 2 aromatic heterocycles. The SMILES string of the molecule is CN(c1ncnc2[nH]ccc12)[C@H]1C[C@@H](CS(=O)(=O)N2CCCC3(COC3)C2)C1. The topological polar surface area (TPSA) is 91.4 Å². The molecule has 0 unspecified atom stereocenters. The van der Waals surface area contributed by atoms with Crippen molar-refractivity contribution in [2.75, 3.05) is 44.0 Å². The fourth-order valence-corrected chi connectivity index (χ4v) is 6.85. The van der Waals surface area contributed by atoms with Gasteiger partial charge in [-0.1, -0.05) is 0 Å². The predicted octanol–water partition coefficient (Wildman–Crippen LogP) is 1.61. The van der Waals surface area contributed by atoms with Crippen LogP contribution in [0.25, 0.3) is 11.0 Å². The number of aromatic amines is 1. The van der Waals surface area contributed by atoms with Gasteiger partial charge in [0.25, 0.3) is 0 Å². The van der Waals surface area contributed by atoms with Gasteiger partial charge in [-0.2, -0.15) is 0 Å². The molecule has 0 amide bonds. The minimum atomic E-state index is -3.20. The maximum atomic E-state index is 12.9. The summed E-state index contributed by atoms with van der Waals surface area (Å²) < 4.78 is 33.0. The summed E-state index contributed by atoms with van der Waals surface area (Å²) in [7, 11) is -1.16. The molecule has 0 aromatic carbocycles. The van der Waals surface area contributed by atoms with E-state index >= 15 is 0 Å². The molecule has 2 aliphatic heterocycles. The number of aromatic nitrogens is 3. The summed E-state index contributed by atoms with van der Waals surface area (Å²) in [4.78, 5) is 14.0. The predicted molar refractivity (Wildman–Crippen MR) is 107 cm³/mol. The van der Waals surface area contributed by atoms with E-state index in [2.05, 4.69) is 19.9 Å². The molecule has 1 aliphatic carbocycles. The minimum Gasteiger partial charge on any atom is -0.380 e. The zero-order chi connectivity index (χ0) is 19.4. The number of hydrogen-bond donors (Lipinski definition) is 1. The van der Waals surface area contributed by atoms with E-state index in [0.717, 1.165) is 42.5 Å². The Morgan fingerprint density at radius 1 is 1.36 bits per heavy atom. The fourth-order valence-electron chi connectivity index (χ4n) is 4.90. The third-order valence-electron chi connectivity index (χ3n) is 6.71. The van der Waals surface area contributed by atoms with Crippen LogP contribution in [-0.2, 0) is 14.8 Å². The highest BCUT2D eigenvalue weighted by Crippen LogP contribution is 2.40. The molecular weight excluding hydrogens is 378 g/mol. The summed E-state index contributed by atoms with van der Waals surface area (Å²) in [5.41, 5.74) is 0.914. The first-order chi connectivity index (χ1) is 13.5.